The van der Waals surface area contributed by atoms with E-state index in [0.717, 1.165) is 30.0 Å². The number of hydrogen-bond donors (Lipinski definition) is 1. The molecule has 0 aliphatic rings. The van der Waals surface area contributed by atoms with Crippen molar-refractivity contribution >= 4 is 23.0 Å². The van der Waals surface area contributed by atoms with Crippen molar-refractivity contribution in [3.8, 4) is 0 Å². The first kappa shape index (κ1) is 14.5. The molecule has 1 heterocycles. The number of benzene rings is 1. The fraction of sp³-hybridized carbons (Fsp3) is 0.333. The third-order valence-corrected chi connectivity index (χ3v) is 3.58. The first-order chi connectivity index (χ1) is 9.50. The standard InChI is InChI=1S/C15H20N4S/c1-11-13(14(16)20)15(19(3)17-11)18(2)10-9-12-7-5-4-6-8-12/h4-8H,9-10H2,1-3H3,(H2,16,20). The monoisotopic (exact) mass is 288 g/mol. The van der Waals surface area contributed by atoms with Crippen LogP contribution in [0, 0.1) is 6.92 Å². The lowest BCUT2D eigenvalue weighted by molar-refractivity contribution is 0.724. The van der Waals surface area contributed by atoms with Crippen LogP contribution in [0.5, 0.6) is 0 Å². The van der Waals surface area contributed by atoms with Crippen LogP contribution in [-0.4, -0.2) is 28.4 Å². The zero-order chi connectivity index (χ0) is 14.7. The molecule has 106 valence electrons. The predicted octanol–water partition coefficient (Wildman–Crippen LogP) is 2.04. The zero-order valence-electron chi connectivity index (χ0n) is 12.1. The van der Waals surface area contributed by atoms with E-state index in [1.54, 1.807) is 0 Å². The lowest BCUT2D eigenvalue weighted by Gasteiger charge is -2.20. The molecule has 0 radical (unpaired) electrons. The average Bonchev–Trinajstić information content (AvgIpc) is 2.72. The number of nitrogens with zero attached hydrogens (tertiary/aromatic N) is 3. The molecule has 2 aromatic rings. The summed E-state index contributed by atoms with van der Waals surface area (Å²) in [6.07, 6.45) is 0.971. The molecule has 20 heavy (non-hydrogen) atoms. The molecule has 0 aliphatic carbocycles. The van der Waals surface area contributed by atoms with E-state index in [0.29, 0.717) is 4.99 Å². The van der Waals surface area contributed by atoms with Crippen LogP contribution in [0.1, 0.15) is 16.8 Å². The van der Waals surface area contributed by atoms with Gasteiger partial charge in [0.05, 0.1) is 11.3 Å². The Bertz CT molecular complexity index is 604. The molecule has 4 nitrogen and oxygen atoms in total. The lowest BCUT2D eigenvalue weighted by Crippen LogP contribution is -2.26. The molecule has 2 N–H and O–H groups in total. The molecule has 0 unspecified atom stereocenters. The first-order valence-electron chi connectivity index (χ1n) is 6.59. The maximum atomic E-state index is 5.83. The molecule has 0 atom stereocenters. The molecule has 1 aromatic carbocycles. The number of anilines is 1. The summed E-state index contributed by atoms with van der Waals surface area (Å²) < 4.78 is 1.84. The number of rotatable bonds is 5. The average molecular weight is 288 g/mol. The van der Waals surface area contributed by atoms with Crippen molar-refractivity contribution in [2.75, 3.05) is 18.5 Å². The summed E-state index contributed by atoms with van der Waals surface area (Å²) in [6, 6.07) is 10.4. The highest BCUT2D eigenvalue weighted by molar-refractivity contribution is 7.80. The summed E-state index contributed by atoms with van der Waals surface area (Å²) in [5.41, 5.74) is 8.89. The number of likely N-dealkylation sites (N-methyl/N-ethyl adjacent to an activating group) is 1. The van der Waals surface area contributed by atoms with Crippen LogP contribution >= 0.6 is 12.2 Å². The highest BCUT2D eigenvalue weighted by Gasteiger charge is 2.18. The number of thiocarbonyl (C=S) groups is 1. The second-order valence-electron chi connectivity index (χ2n) is 4.93. The maximum absolute atomic E-state index is 5.83. The van der Waals surface area contributed by atoms with Crippen molar-refractivity contribution in [2.24, 2.45) is 12.8 Å². The largest absolute Gasteiger partial charge is 0.389 e. The Kier molecular flexibility index (Phi) is 4.39. The summed E-state index contributed by atoms with van der Waals surface area (Å²) in [6.45, 7) is 2.82. The zero-order valence-corrected chi connectivity index (χ0v) is 12.9. The van der Waals surface area contributed by atoms with Crippen molar-refractivity contribution < 1.29 is 0 Å². The first-order valence-corrected chi connectivity index (χ1v) is 7.00. The molecule has 0 amide bonds. The van der Waals surface area contributed by atoms with E-state index in [2.05, 4.69) is 34.3 Å². The van der Waals surface area contributed by atoms with Gasteiger partial charge in [0, 0.05) is 20.6 Å². The normalized spacial score (nSPS) is 10.6. The molecular formula is C15H20N4S. The molecular weight excluding hydrogens is 268 g/mol. The van der Waals surface area contributed by atoms with Crippen molar-refractivity contribution in [3.05, 3.63) is 47.2 Å². The van der Waals surface area contributed by atoms with Gasteiger partial charge in [-0.15, -0.1) is 0 Å². The topological polar surface area (TPSA) is 47.1 Å². The third kappa shape index (κ3) is 2.99. The highest BCUT2D eigenvalue weighted by Crippen LogP contribution is 2.22. The number of nitrogens with two attached hydrogens (primary N) is 1. The Morgan fingerprint density at radius 3 is 2.60 bits per heavy atom. The molecule has 5 heteroatoms. The van der Waals surface area contributed by atoms with Crippen LogP contribution < -0.4 is 10.6 Å². The maximum Gasteiger partial charge on any atom is 0.136 e. The van der Waals surface area contributed by atoms with Gasteiger partial charge in [-0.3, -0.25) is 4.68 Å². The van der Waals surface area contributed by atoms with Gasteiger partial charge in [-0.2, -0.15) is 5.10 Å². The lowest BCUT2D eigenvalue weighted by atomic mass is 10.1. The smallest absolute Gasteiger partial charge is 0.136 e. The Morgan fingerprint density at radius 1 is 1.35 bits per heavy atom. The predicted molar refractivity (Wildman–Crippen MR) is 87.2 cm³/mol. The fourth-order valence-electron chi connectivity index (χ4n) is 2.42. The number of aromatic nitrogens is 2. The van der Waals surface area contributed by atoms with Gasteiger partial charge < -0.3 is 10.6 Å². The molecule has 0 aliphatic heterocycles. The minimum absolute atomic E-state index is 0.400. The molecule has 0 saturated carbocycles. The Labute approximate surface area is 125 Å². The van der Waals surface area contributed by atoms with Crippen molar-refractivity contribution in [1.29, 1.82) is 0 Å². The Balaban J connectivity index is 2.17. The van der Waals surface area contributed by atoms with Crippen LogP contribution in [0.3, 0.4) is 0 Å². The molecule has 0 spiro atoms. The van der Waals surface area contributed by atoms with E-state index >= 15 is 0 Å². The molecule has 1 aromatic heterocycles. The minimum Gasteiger partial charge on any atom is -0.389 e. The van der Waals surface area contributed by atoms with Crippen LogP contribution in [-0.2, 0) is 13.5 Å². The molecule has 0 fully saturated rings. The van der Waals surface area contributed by atoms with E-state index in [9.17, 15) is 0 Å². The van der Waals surface area contributed by atoms with Crippen molar-refractivity contribution in [1.82, 2.24) is 9.78 Å². The Morgan fingerprint density at radius 2 is 2.00 bits per heavy atom. The van der Waals surface area contributed by atoms with Gasteiger partial charge in [-0.05, 0) is 18.9 Å². The van der Waals surface area contributed by atoms with Crippen molar-refractivity contribution in [3.63, 3.8) is 0 Å². The summed E-state index contributed by atoms with van der Waals surface area (Å²) in [4.78, 5) is 2.55. The van der Waals surface area contributed by atoms with Gasteiger partial charge in [0.25, 0.3) is 0 Å². The van der Waals surface area contributed by atoms with E-state index in [1.807, 2.05) is 31.8 Å². The van der Waals surface area contributed by atoms with Gasteiger partial charge in [0.1, 0.15) is 10.8 Å². The fourth-order valence-corrected chi connectivity index (χ4v) is 2.66. The summed E-state index contributed by atoms with van der Waals surface area (Å²) in [5, 5.41) is 4.42. The number of hydrogen-bond acceptors (Lipinski definition) is 3. The van der Waals surface area contributed by atoms with E-state index in [-0.39, 0.29) is 0 Å². The summed E-state index contributed by atoms with van der Waals surface area (Å²) in [5.74, 6) is 0.978. The van der Waals surface area contributed by atoms with E-state index in [4.69, 9.17) is 18.0 Å². The van der Waals surface area contributed by atoms with E-state index < -0.39 is 0 Å². The van der Waals surface area contributed by atoms with Gasteiger partial charge in [-0.1, -0.05) is 42.5 Å². The van der Waals surface area contributed by atoms with Gasteiger partial charge in [0.2, 0.25) is 0 Å². The van der Waals surface area contributed by atoms with Gasteiger partial charge in [-0.25, -0.2) is 0 Å². The summed E-state index contributed by atoms with van der Waals surface area (Å²) >= 11 is 5.15. The number of aryl methyl sites for hydroxylation is 2. The van der Waals surface area contributed by atoms with Crippen LogP contribution in [0.25, 0.3) is 0 Å². The van der Waals surface area contributed by atoms with Crippen molar-refractivity contribution in [2.45, 2.75) is 13.3 Å². The molecule has 0 bridgehead atoms. The molecule has 0 saturated heterocycles. The SMILES string of the molecule is Cc1nn(C)c(N(C)CCc2ccccc2)c1C(N)=S. The second kappa shape index (κ2) is 6.05. The van der Waals surface area contributed by atoms with Crippen LogP contribution in [0.15, 0.2) is 30.3 Å². The second-order valence-corrected chi connectivity index (χ2v) is 5.37. The molecule has 2 rings (SSSR count). The van der Waals surface area contributed by atoms with Crippen LogP contribution in [0.2, 0.25) is 0 Å². The third-order valence-electron chi connectivity index (χ3n) is 3.38. The van der Waals surface area contributed by atoms with Gasteiger partial charge in [0.15, 0.2) is 0 Å². The minimum atomic E-state index is 0.400. The highest BCUT2D eigenvalue weighted by atomic mass is 32.1. The summed E-state index contributed by atoms with van der Waals surface area (Å²) in [7, 11) is 3.96. The van der Waals surface area contributed by atoms with Crippen LogP contribution in [0.4, 0.5) is 5.82 Å². The van der Waals surface area contributed by atoms with E-state index in [1.165, 1.54) is 5.56 Å². The quantitative estimate of drug-likeness (QED) is 0.855. The van der Waals surface area contributed by atoms with Gasteiger partial charge >= 0.3 is 0 Å². The Hall–Kier alpha value is -1.88.